The van der Waals surface area contributed by atoms with Gasteiger partial charge in [0.1, 0.15) is 13.2 Å². The summed E-state index contributed by atoms with van der Waals surface area (Å²) in [6.07, 6.45) is 3.74. The van der Waals surface area contributed by atoms with Gasteiger partial charge in [-0.3, -0.25) is 4.68 Å². The van der Waals surface area contributed by atoms with Crippen LogP contribution in [0.25, 0.3) is 0 Å². The molecule has 0 radical (unpaired) electrons. The van der Waals surface area contributed by atoms with Crippen molar-refractivity contribution >= 4 is 11.6 Å². The number of ether oxygens (including phenoxy) is 2. The fourth-order valence-corrected chi connectivity index (χ4v) is 2.60. The average molecular weight is 308 g/mol. The highest BCUT2D eigenvalue weighted by molar-refractivity contribution is 6.32. The van der Waals surface area contributed by atoms with Crippen LogP contribution in [0.1, 0.15) is 12.5 Å². The molecule has 1 aliphatic rings. The largest absolute Gasteiger partial charge is 0.486 e. The summed E-state index contributed by atoms with van der Waals surface area (Å²) in [7, 11) is 0. The Morgan fingerprint density at radius 3 is 3.05 bits per heavy atom. The number of benzene rings is 1. The van der Waals surface area contributed by atoms with Gasteiger partial charge in [0.25, 0.3) is 0 Å². The Labute approximate surface area is 128 Å². The molecule has 0 fully saturated rings. The number of nitrogens with one attached hydrogen (secondary N) is 1. The Hall–Kier alpha value is -1.72. The first-order valence-electron chi connectivity index (χ1n) is 7.01. The average Bonchev–Trinajstić information content (AvgIpc) is 2.98. The molecule has 2 aromatic rings. The van der Waals surface area contributed by atoms with Gasteiger partial charge < -0.3 is 14.8 Å². The molecule has 1 N–H and O–H groups in total. The maximum Gasteiger partial charge on any atom is 0.179 e. The van der Waals surface area contributed by atoms with E-state index in [4.69, 9.17) is 21.1 Å². The van der Waals surface area contributed by atoms with E-state index in [1.807, 2.05) is 29.1 Å². The summed E-state index contributed by atoms with van der Waals surface area (Å²) in [5, 5.41) is 8.26. The van der Waals surface area contributed by atoms with E-state index >= 15 is 0 Å². The predicted octanol–water partition coefficient (Wildman–Crippen LogP) is 2.49. The van der Waals surface area contributed by atoms with E-state index in [9.17, 15) is 0 Å². The molecule has 0 spiro atoms. The molecule has 2 heterocycles. The highest BCUT2D eigenvalue weighted by atomic mass is 35.5. The number of nitrogens with zero attached hydrogens (tertiary/aromatic N) is 2. The maximum atomic E-state index is 6.23. The van der Waals surface area contributed by atoms with Crippen LogP contribution in [-0.2, 0) is 13.1 Å². The van der Waals surface area contributed by atoms with E-state index in [1.165, 1.54) is 0 Å². The molecule has 0 saturated heterocycles. The smallest absolute Gasteiger partial charge is 0.179 e. The van der Waals surface area contributed by atoms with Crippen molar-refractivity contribution in [2.45, 2.75) is 26.1 Å². The molecule has 6 heteroatoms. The normalized spacial score (nSPS) is 15.0. The Morgan fingerprint density at radius 1 is 1.38 bits per heavy atom. The van der Waals surface area contributed by atoms with Crippen molar-refractivity contribution in [2.75, 3.05) is 13.2 Å². The van der Waals surface area contributed by atoms with Gasteiger partial charge in [-0.1, -0.05) is 11.6 Å². The zero-order valence-corrected chi connectivity index (χ0v) is 12.6. The third kappa shape index (κ3) is 3.49. The molecule has 21 heavy (non-hydrogen) atoms. The zero-order valence-electron chi connectivity index (χ0n) is 11.9. The summed E-state index contributed by atoms with van der Waals surface area (Å²) < 4.78 is 13.0. The van der Waals surface area contributed by atoms with Crippen molar-refractivity contribution in [3.05, 3.63) is 41.2 Å². The van der Waals surface area contributed by atoms with E-state index < -0.39 is 0 Å². The second-order valence-electron chi connectivity index (χ2n) is 5.11. The van der Waals surface area contributed by atoms with Crippen LogP contribution in [0.15, 0.2) is 30.6 Å². The monoisotopic (exact) mass is 307 g/mol. The number of halogens is 1. The molecule has 1 atom stereocenters. The van der Waals surface area contributed by atoms with Crippen LogP contribution in [0.2, 0.25) is 5.02 Å². The first-order valence-corrected chi connectivity index (χ1v) is 7.39. The van der Waals surface area contributed by atoms with Gasteiger partial charge in [-0.15, -0.1) is 0 Å². The molecule has 0 saturated carbocycles. The molecule has 3 rings (SSSR count). The van der Waals surface area contributed by atoms with Crippen molar-refractivity contribution in [3.63, 3.8) is 0 Å². The fourth-order valence-electron chi connectivity index (χ4n) is 2.31. The minimum Gasteiger partial charge on any atom is -0.486 e. The summed E-state index contributed by atoms with van der Waals surface area (Å²) in [4.78, 5) is 0. The van der Waals surface area contributed by atoms with Crippen LogP contribution in [0, 0.1) is 0 Å². The predicted molar refractivity (Wildman–Crippen MR) is 81.0 cm³/mol. The van der Waals surface area contributed by atoms with Crippen molar-refractivity contribution in [1.29, 1.82) is 0 Å². The van der Waals surface area contributed by atoms with Crippen molar-refractivity contribution in [2.24, 2.45) is 0 Å². The standard InChI is InChI=1S/C15H18ClN3O2/c1-11(10-19-4-2-3-18-19)17-9-12-7-13(16)15-14(8-12)20-5-6-21-15/h2-4,7-8,11,17H,5-6,9-10H2,1H3. The van der Waals surface area contributed by atoms with E-state index in [0.29, 0.717) is 30.0 Å². The number of hydrogen-bond donors (Lipinski definition) is 1. The summed E-state index contributed by atoms with van der Waals surface area (Å²) in [5.74, 6) is 1.38. The lowest BCUT2D eigenvalue weighted by molar-refractivity contribution is 0.171. The number of fused-ring (bicyclic) bond motifs is 1. The second kappa shape index (κ2) is 6.37. The van der Waals surface area contributed by atoms with Gasteiger partial charge in [0, 0.05) is 25.0 Å². The highest BCUT2D eigenvalue weighted by Crippen LogP contribution is 2.38. The number of rotatable bonds is 5. The Bertz CT molecular complexity index is 601. The van der Waals surface area contributed by atoms with E-state index in [-0.39, 0.29) is 0 Å². The molecule has 0 aliphatic carbocycles. The molecule has 1 aliphatic heterocycles. The van der Waals surface area contributed by atoms with E-state index in [2.05, 4.69) is 17.3 Å². The SMILES string of the molecule is CC(Cn1cccn1)NCc1cc(Cl)c2c(c1)OCCO2. The summed E-state index contributed by atoms with van der Waals surface area (Å²) >= 11 is 6.23. The first kappa shape index (κ1) is 14.2. The first-order chi connectivity index (χ1) is 10.2. The van der Waals surface area contributed by atoms with E-state index in [1.54, 1.807) is 6.20 Å². The molecule has 1 aromatic heterocycles. The van der Waals surface area contributed by atoms with Gasteiger partial charge in [-0.2, -0.15) is 5.10 Å². The third-order valence-electron chi connectivity index (χ3n) is 3.33. The van der Waals surface area contributed by atoms with Crippen LogP contribution >= 0.6 is 11.6 Å². The molecule has 0 bridgehead atoms. The van der Waals surface area contributed by atoms with Gasteiger partial charge >= 0.3 is 0 Å². The number of aromatic nitrogens is 2. The molecular weight excluding hydrogens is 290 g/mol. The lowest BCUT2D eigenvalue weighted by Crippen LogP contribution is -2.30. The highest BCUT2D eigenvalue weighted by Gasteiger charge is 2.16. The van der Waals surface area contributed by atoms with Crippen LogP contribution < -0.4 is 14.8 Å². The lowest BCUT2D eigenvalue weighted by atomic mass is 10.1. The summed E-state index contributed by atoms with van der Waals surface area (Å²) in [5.41, 5.74) is 1.08. The van der Waals surface area contributed by atoms with Crippen molar-refractivity contribution < 1.29 is 9.47 Å². The van der Waals surface area contributed by atoms with Crippen LogP contribution in [-0.4, -0.2) is 29.0 Å². The van der Waals surface area contributed by atoms with Crippen LogP contribution in [0.3, 0.4) is 0 Å². The lowest BCUT2D eigenvalue weighted by Gasteiger charge is -2.21. The molecular formula is C15H18ClN3O2. The zero-order chi connectivity index (χ0) is 14.7. The molecule has 1 unspecified atom stereocenters. The van der Waals surface area contributed by atoms with Gasteiger partial charge in [-0.05, 0) is 30.7 Å². The van der Waals surface area contributed by atoms with Crippen LogP contribution in [0.4, 0.5) is 0 Å². The van der Waals surface area contributed by atoms with Gasteiger partial charge in [0.2, 0.25) is 0 Å². The molecule has 0 amide bonds. The van der Waals surface area contributed by atoms with Crippen molar-refractivity contribution in [3.8, 4) is 11.5 Å². The van der Waals surface area contributed by atoms with Gasteiger partial charge in [0.05, 0.1) is 11.6 Å². The van der Waals surface area contributed by atoms with Gasteiger partial charge in [-0.25, -0.2) is 0 Å². The Kier molecular flexibility index (Phi) is 4.31. The van der Waals surface area contributed by atoms with E-state index in [0.717, 1.165) is 24.4 Å². The Balaban J connectivity index is 1.61. The van der Waals surface area contributed by atoms with Crippen LogP contribution in [0.5, 0.6) is 11.5 Å². The molecule has 1 aromatic carbocycles. The molecule has 112 valence electrons. The molecule has 5 nitrogen and oxygen atoms in total. The number of hydrogen-bond acceptors (Lipinski definition) is 4. The fraction of sp³-hybridized carbons (Fsp3) is 0.400. The van der Waals surface area contributed by atoms with Crippen molar-refractivity contribution in [1.82, 2.24) is 15.1 Å². The maximum absolute atomic E-state index is 6.23. The minimum atomic E-state index is 0.303. The summed E-state index contributed by atoms with van der Waals surface area (Å²) in [6, 6.07) is 6.13. The summed E-state index contributed by atoms with van der Waals surface area (Å²) in [6.45, 7) is 4.78. The van der Waals surface area contributed by atoms with Gasteiger partial charge in [0.15, 0.2) is 11.5 Å². The third-order valence-corrected chi connectivity index (χ3v) is 3.61. The second-order valence-corrected chi connectivity index (χ2v) is 5.52. The minimum absolute atomic E-state index is 0.303. The quantitative estimate of drug-likeness (QED) is 0.922. The Morgan fingerprint density at radius 2 is 2.24 bits per heavy atom. The topological polar surface area (TPSA) is 48.3 Å².